The minimum atomic E-state index is 0.379. The van der Waals surface area contributed by atoms with Gasteiger partial charge in [-0.3, -0.25) is 0 Å². The van der Waals surface area contributed by atoms with Crippen LogP contribution < -0.4 is 9.47 Å². The molecule has 0 radical (unpaired) electrons. The molecule has 0 N–H and O–H groups in total. The molecule has 130 valence electrons. The quantitative estimate of drug-likeness (QED) is 0.523. The van der Waals surface area contributed by atoms with E-state index in [1.54, 1.807) is 32.4 Å². The van der Waals surface area contributed by atoms with E-state index in [0.29, 0.717) is 44.0 Å². The van der Waals surface area contributed by atoms with Crippen molar-refractivity contribution < 1.29 is 13.9 Å². The zero-order chi connectivity index (χ0) is 17.8. The van der Waals surface area contributed by atoms with Crippen LogP contribution in [-0.4, -0.2) is 24.4 Å². The molecule has 3 rings (SSSR count). The number of rotatable bonds is 6. The average Bonchev–Trinajstić information content (AvgIpc) is 3.09. The van der Waals surface area contributed by atoms with Crippen LogP contribution in [0.3, 0.4) is 0 Å². The van der Waals surface area contributed by atoms with Crippen LogP contribution >= 0.6 is 35.0 Å². The summed E-state index contributed by atoms with van der Waals surface area (Å²) in [6, 6.07) is 10.8. The Kier molecular flexibility index (Phi) is 5.73. The van der Waals surface area contributed by atoms with Gasteiger partial charge in [0.2, 0.25) is 0 Å². The van der Waals surface area contributed by atoms with Crippen molar-refractivity contribution in [2.45, 2.75) is 11.0 Å². The summed E-state index contributed by atoms with van der Waals surface area (Å²) in [7, 11) is 3.17. The molecule has 0 amide bonds. The van der Waals surface area contributed by atoms with Crippen molar-refractivity contribution in [2.24, 2.45) is 0 Å². The molecule has 0 fully saturated rings. The van der Waals surface area contributed by atoms with E-state index in [1.807, 2.05) is 18.2 Å². The first-order chi connectivity index (χ1) is 12.1. The van der Waals surface area contributed by atoms with Gasteiger partial charge in [-0.25, -0.2) is 0 Å². The molecule has 5 nitrogen and oxygen atoms in total. The number of nitrogens with zero attached hydrogens (tertiary/aromatic N) is 2. The Labute approximate surface area is 159 Å². The van der Waals surface area contributed by atoms with E-state index < -0.39 is 0 Å². The number of methoxy groups -OCH3 is 2. The van der Waals surface area contributed by atoms with Crippen LogP contribution in [0.2, 0.25) is 10.0 Å². The van der Waals surface area contributed by atoms with E-state index in [2.05, 4.69) is 10.2 Å². The molecule has 0 spiro atoms. The minimum absolute atomic E-state index is 0.379. The third-order valence-electron chi connectivity index (χ3n) is 3.41. The van der Waals surface area contributed by atoms with Gasteiger partial charge < -0.3 is 13.9 Å². The highest BCUT2D eigenvalue weighted by atomic mass is 35.5. The van der Waals surface area contributed by atoms with Gasteiger partial charge in [-0.15, -0.1) is 10.2 Å². The lowest BCUT2D eigenvalue weighted by molar-refractivity contribution is 0.393. The molecule has 1 aromatic heterocycles. The standard InChI is InChI=1S/C17H14Cl2N2O3S/c1-22-12-5-6-13(15(8-12)23-2)16-20-21-17(24-16)25-9-10-3-4-11(18)7-14(10)19/h3-8H,9H2,1-2H3. The second-order valence-corrected chi connectivity index (χ2v) is 6.73. The summed E-state index contributed by atoms with van der Waals surface area (Å²) in [5.41, 5.74) is 1.64. The number of ether oxygens (including phenoxy) is 2. The number of halogens is 2. The SMILES string of the molecule is COc1ccc(-c2nnc(SCc3ccc(Cl)cc3Cl)o2)c(OC)c1. The summed E-state index contributed by atoms with van der Waals surface area (Å²) < 4.78 is 16.3. The van der Waals surface area contributed by atoms with Crippen LogP contribution in [0.5, 0.6) is 11.5 Å². The highest BCUT2D eigenvalue weighted by Crippen LogP contribution is 2.34. The smallest absolute Gasteiger partial charge is 0.277 e. The lowest BCUT2D eigenvalue weighted by Crippen LogP contribution is -1.90. The Bertz CT molecular complexity index is 886. The number of thioether (sulfide) groups is 1. The summed E-state index contributed by atoms with van der Waals surface area (Å²) in [6.45, 7) is 0. The molecule has 25 heavy (non-hydrogen) atoms. The Morgan fingerprint density at radius 3 is 2.60 bits per heavy atom. The van der Waals surface area contributed by atoms with E-state index in [4.69, 9.17) is 37.1 Å². The molecule has 0 saturated carbocycles. The number of hydrogen-bond acceptors (Lipinski definition) is 6. The minimum Gasteiger partial charge on any atom is -0.497 e. The number of aromatic nitrogens is 2. The summed E-state index contributed by atoms with van der Waals surface area (Å²) in [5.74, 6) is 2.26. The third-order valence-corrected chi connectivity index (χ3v) is 4.87. The van der Waals surface area contributed by atoms with Crippen molar-refractivity contribution in [1.82, 2.24) is 10.2 Å². The topological polar surface area (TPSA) is 57.4 Å². The molecule has 0 saturated heterocycles. The van der Waals surface area contributed by atoms with Crippen LogP contribution in [0.25, 0.3) is 11.5 Å². The fraction of sp³-hybridized carbons (Fsp3) is 0.176. The van der Waals surface area contributed by atoms with Gasteiger partial charge >= 0.3 is 0 Å². The molecule has 8 heteroatoms. The summed E-state index contributed by atoms with van der Waals surface area (Å²) >= 11 is 13.5. The normalized spacial score (nSPS) is 10.7. The fourth-order valence-corrected chi connectivity index (χ4v) is 3.45. The van der Waals surface area contributed by atoms with Crippen LogP contribution in [-0.2, 0) is 5.75 Å². The van der Waals surface area contributed by atoms with Crippen molar-refractivity contribution in [3.05, 3.63) is 52.0 Å². The van der Waals surface area contributed by atoms with Crippen LogP contribution in [0.15, 0.2) is 46.0 Å². The number of benzene rings is 2. The van der Waals surface area contributed by atoms with Gasteiger partial charge in [0, 0.05) is 21.9 Å². The van der Waals surface area contributed by atoms with Crippen molar-refractivity contribution in [3.8, 4) is 23.0 Å². The van der Waals surface area contributed by atoms with Crippen LogP contribution in [0, 0.1) is 0 Å². The molecule has 0 atom stereocenters. The molecular weight excluding hydrogens is 383 g/mol. The number of hydrogen-bond donors (Lipinski definition) is 0. The lowest BCUT2D eigenvalue weighted by Gasteiger charge is -2.07. The van der Waals surface area contributed by atoms with Gasteiger partial charge in [0.05, 0.1) is 19.8 Å². The fourth-order valence-electron chi connectivity index (χ4n) is 2.13. The Morgan fingerprint density at radius 2 is 1.88 bits per heavy atom. The third kappa shape index (κ3) is 4.21. The Morgan fingerprint density at radius 1 is 1.04 bits per heavy atom. The summed E-state index contributed by atoms with van der Waals surface area (Å²) in [5, 5.41) is 9.80. The highest BCUT2D eigenvalue weighted by molar-refractivity contribution is 7.98. The zero-order valence-electron chi connectivity index (χ0n) is 13.5. The van der Waals surface area contributed by atoms with Gasteiger partial charge in [-0.2, -0.15) is 0 Å². The van der Waals surface area contributed by atoms with Gasteiger partial charge in [0.25, 0.3) is 11.1 Å². The van der Waals surface area contributed by atoms with Gasteiger partial charge in [0.15, 0.2) is 0 Å². The maximum absolute atomic E-state index is 6.17. The zero-order valence-corrected chi connectivity index (χ0v) is 15.8. The molecule has 2 aromatic carbocycles. The monoisotopic (exact) mass is 396 g/mol. The molecule has 0 aliphatic rings. The van der Waals surface area contributed by atoms with Crippen molar-refractivity contribution in [3.63, 3.8) is 0 Å². The average molecular weight is 397 g/mol. The Hall–Kier alpha value is -1.89. The van der Waals surface area contributed by atoms with Gasteiger partial charge in [-0.1, -0.05) is 41.0 Å². The molecule has 0 unspecified atom stereocenters. The predicted molar refractivity (Wildman–Crippen MR) is 98.9 cm³/mol. The van der Waals surface area contributed by atoms with E-state index in [0.717, 1.165) is 5.56 Å². The predicted octanol–water partition coefficient (Wildman–Crippen LogP) is 5.35. The second-order valence-electron chi connectivity index (χ2n) is 4.96. The van der Waals surface area contributed by atoms with E-state index in [1.165, 1.54) is 11.8 Å². The first-order valence-corrected chi connectivity index (χ1v) is 8.97. The van der Waals surface area contributed by atoms with E-state index >= 15 is 0 Å². The Balaban J connectivity index is 1.76. The summed E-state index contributed by atoms with van der Waals surface area (Å²) in [6.07, 6.45) is 0. The molecule has 0 aliphatic carbocycles. The van der Waals surface area contributed by atoms with Gasteiger partial charge in [-0.05, 0) is 29.8 Å². The molecule has 1 heterocycles. The maximum Gasteiger partial charge on any atom is 0.277 e. The van der Waals surface area contributed by atoms with Crippen molar-refractivity contribution >= 4 is 35.0 Å². The second kappa shape index (κ2) is 7.99. The van der Waals surface area contributed by atoms with Crippen molar-refractivity contribution in [2.75, 3.05) is 14.2 Å². The van der Waals surface area contributed by atoms with Crippen molar-refractivity contribution in [1.29, 1.82) is 0 Å². The maximum atomic E-state index is 6.17. The van der Waals surface area contributed by atoms with Crippen LogP contribution in [0.4, 0.5) is 0 Å². The van der Waals surface area contributed by atoms with Crippen LogP contribution in [0.1, 0.15) is 5.56 Å². The molecular formula is C17H14Cl2N2O3S. The molecule has 0 aliphatic heterocycles. The summed E-state index contributed by atoms with van der Waals surface area (Å²) in [4.78, 5) is 0. The van der Waals surface area contributed by atoms with E-state index in [9.17, 15) is 0 Å². The first kappa shape index (κ1) is 17.9. The molecule has 3 aromatic rings. The lowest BCUT2D eigenvalue weighted by atomic mass is 10.2. The van der Waals surface area contributed by atoms with E-state index in [-0.39, 0.29) is 0 Å². The largest absolute Gasteiger partial charge is 0.497 e. The van der Waals surface area contributed by atoms with Gasteiger partial charge in [0.1, 0.15) is 11.5 Å². The molecule has 0 bridgehead atoms. The highest BCUT2D eigenvalue weighted by Gasteiger charge is 2.15. The first-order valence-electron chi connectivity index (χ1n) is 7.23.